The number of aromatic carboxylic acids is 1. The number of nitrogens with zero attached hydrogens (tertiary/aromatic N) is 4. The van der Waals surface area contributed by atoms with Crippen molar-refractivity contribution < 1.29 is 14.6 Å². The first-order valence-corrected chi connectivity index (χ1v) is 6.64. The Kier molecular flexibility index (Phi) is 4.58. The third kappa shape index (κ3) is 2.98. The number of carboxylic acids is 1. The molecule has 2 rings (SSSR count). The Labute approximate surface area is 126 Å². The fraction of sp³-hybridized carbons (Fsp3) is 0.286. The Morgan fingerprint density at radius 1 is 1.55 bits per heavy atom. The Morgan fingerprint density at radius 3 is 2.91 bits per heavy atom. The number of nitriles is 1. The standard InChI is InChI=1S/C14H15N5O3/c1-2-7-22-11-4-3-9(8-10(11)16)13-12(14(20)21)17-18-19(13)6-5-15/h3-4,8H,2,6-7,16H2,1H3,(H,20,21). The van der Waals surface area contributed by atoms with E-state index in [0.29, 0.717) is 23.6 Å². The molecule has 0 unspecified atom stereocenters. The summed E-state index contributed by atoms with van der Waals surface area (Å²) in [6.45, 7) is 2.41. The van der Waals surface area contributed by atoms with E-state index in [0.717, 1.165) is 6.42 Å². The van der Waals surface area contributed by atoms with Crippen LogP contribution in [0.3, 0.4) is 0 Å². The predicted molar refractivity (Wildman–Crippen MR) is 78.2 cm³/mol. The second-order valence-corrected chi connectivity index (χ2v) is 4.51. The number of hydrogen-bond donors (Lipinski definition) is 2. The molecule has 0 saturated carbocycles. The number of carboxylic acid groups (broad SMARTS) is 1. The van der Waals surface area contributed by atoms with Crippen LogP contribution < -0.4 is 10.5 Å². The molecule has 0 aliphatic carbocycles. The van der Waals surface area contributed by atoms with Crippen molar-refractivity contribution in [3.8, 4) is 23.1 Å². The van der Waals surface area contributed by atoms with E-state index in [9.17, 15) is 9.90 Å². The van der Waals surface area contributed by atoms with Gasteiger partial charge in [0.15, 0.2) is 5.69 Å². The van der Waals surface area contributed by atoms with Crippen molar-refractivity contribution in [3.63, 3.8) is 0 Å². The van der Waals surface area contributed by atoms with Crippen LogP contribution in [-0.4, -0.2) is 32.7 Å². The molecule has 0 atom stereocenters. The first-order valence-electron chi connectivity index (χ1n) is 6.64. The fourth-order valence-corrected chi connectivity index (χ4v) is 1.96. The summed E-state index contributed by atoms with van der Waals surface area (Å²) in [4.78, 5) is 11.3. The summed E-state index contributed by atoms with van der Waals surface area (Å²) in [7, 11) is 0. The Morgan fingerprint density at radius 2 is 2.32 bits per heavy atom. The van der Waals surface area contributed by atoms with E-state index >= 15 is 0 Å². The van der Waals surface area contributed by atoms with Crippen LogP contribution in [0.2, 0.25) is 0 Å². The monoisotopic (exact) mass is 301 g/mol. The van der Waals surface area contributed by atoms with Crippen LogP contribution in [0.4, 0.5) is 5.69 Å². The van der Waals surface area contributed by atoms with Crippen molar-refractivity contribution in [2.24, 2.45) is 0 Å². The second kappa shape index (κ2) is 6.58. The molecule has 8 heteroatoms. The molecule has 0 radical (unpaired) electrons. The number of carbonyl (C=O) groups is 1. The lowest BCUT2D eigenvalue weighted by molar-refractivity contribution is 0.0691. The largest absolute Gasteiger partial charge is 0.491 e. The minimum Gasteiger partial charge on any atom is -0.491 e. The van der Waals surface area contributed by atoms with Crippen LogP contribution in [0.5, 0.6) is 5.75 Å². The van der Waals surface area contributed by atoms with Gasteiger partial charge in [-0.25, -0.2) is 9.48 Å². The summed E-state index contributed by atoms with van der Waals surface area (Å²) in [6, 6.07) is 6.83. The van der Waals surface area contributed by atoms with Crippen LogP contribution in [-0.2, 0) is 6.54 Å². The molecule has 3 N–H and O–H groups in total. The molecule has 0 spiro atoms. The third-order valence-electron chi connectivity index (χ3n) is 2.90. The number of rotatable bonds is 6. The van der Waals surface area contributed by atoms with Crippen molar-refractivity contribution in [1.82, 2.24) is 15.0 Å². The van der Waals surface area contributed by atoms with Gasteiger partial charge in [0.1, 0.15) is 18.0 Å². The SMILES string of the molecule is CCCOc1ccc(-c2c(C(=O)O)nnn2CC#N)cc1N. The van der Waals surface area contributed by atoms with Crippen LogP contribution in [0.15, 0.2) is 18.2 Å². The van der Waals surface area contributed by atoms with Gasteiger partial charge in [0.25, 0.3) is 0 Å². The van der Waals surface area contributed by atoms with E-state index in [4.69, 9.17) is 15.7 Å². The van der Waals surface area contributed by atoms with Gasteiger partial charge in [0.2, 0.25) is 0 Å². The zero-order valence-corrected chi connectivity index (χ0v) is 12.0. The summed E-state index contributed by atoms with van der Waals surface area (Å²) in [5.74, 6) is -0.689. The molecule has 114 valence electrons. The molecule has 1 heterocycles. The number of anilines is 1. The minimum atomic E-state index is -1.22. The summed E-state index contributed by atoms with van der Waals surface area (Å²) < 4.78 is 6.71. The number of nitrogens with two attached hydrogens (primary N) is 1. The highest BCUT2D eigenvalue weighted by Crippen LogP contribution is 2.30. The van der Waals surface area contributed by atoms with Crippen LogP contribution in [0.25, 0.3) is 11.3 Å². The van der Waals surface area contributed by atoms with E-state index in [1.165, 1.54) is 4.68 Å². The van der Waals surface area contributed by atoms with E-state index in [2.05, 4.69) is 10.3 Å². The molecule has 8 nitrogen and oxygen atoms in total. The van der Waals surface area contributed by atoms with E-state index in [-0.39, 0.29) is 17.9 Å². The number of nitrogen functional groups attached to an aromatic ring is 1. The lowest BCUT2D eigenvalue weighted by atomic mass is 10.1. The van der Waals surface area contributed by atoms with Gasteiger partial charge in [-0.15, -0.1) is 5.10 Å². The van der Waals surface area contributed by atoms with Gasteiger partial charge in [-0.05, 0) is 24.6 Å². The summed E-state index contributed by atoms with van der Waals surface area (Å²) in [6.07, 6.45) is 0.850. The lowest BCUT2D eigenvalue weighted by Gasteiger charge is -2.10. The van der Waals surface area contributed by atoms with Gasteiger partial charge in [-0.1, -0.05) is 12.1 Å². The van der Waals surface area contributed by atoms with E-state index < -0.39 is 5.97 Å². The molecule has 1 aromatic carbocycles. The van der Waals surface area contributed by atoms with Gasteiger partial charge in [0.05, 0.1) is 18.4 Å². The number of hydrogen-bond acceptors (Lipinski definition) is 6. The average molecular weight is 301 g/mol. The smallest absolute Gasteiger partial charge is 0.358 e. The Balaban J connectivity index is 2.47. The molecule has 22 heavy (non-hydrogen) atoms. The molecule has 0 saturated heterocycles. The zero-order valence-electron chi connectivity index (χ0n) is 12.0. The minimum absolute atomic E-state index is 0.108. The van der Waals surface area contributed by atoms with Crippen molar-refractivity contribution >= 4 is 11.7 Å². The first-order chi connectivity index (χ1) is 10.6. The second-order valence-electron chi connectivity index (χ2n) is 4.51. The van der Waals surface area contributed by atoms with Crippen molar-refractivity contribution in [2.45, 2.75) is 19.9 Å². The number of benzene rings is 1. The molecule has 0 bridgehead atoms. The fourth-order valence-electron chi connectivity index (χ4n) is 1.96. The van der Waals surface area contributed by atoms with Crippen LogP contribution in [0.1, 0.15) is 23.8 Å². The Hall–Kier alpha value is -3.08. The summed E-state index contributed by atoms with van der Waals surface area (Å²) in [5, 5.41) is 25.3. The van der Waals surface area contributed by atoms with Gasteiger partial charge in [-0.2, -0.15) is 5.26 Å². The Bertz CT molecular complexity index is 733. The zero-order chi connectivity index (χ0) is 16.1. The van der Waals surface area contributed by atoms with Gasteiger partial charge < -0.3 is 15.6 Å². The summed E-state index contributed by atoms with van der Waals surface area (Å²) >= 11 is 0. The molecular weight excluding hydrogens is 286 g/mol. The molecule has 0 aliphatic rings. The van der Waals surface area contributed by atoms with Crippen molar-refractivity contribution in [1.29, 1.82) is 5.26 Å². The first kappa shape index (κ1) is 15.3. The van der Waals surface area contributed by atoms with Gasteiger partial charge >= 0.3 is 5.97 Å². The van der Waals surface area contributed by atoms with Crippen LogP contribution >= 0.6 is 0 Å². The predicted octanol–water partition coefficient (Wildman–Crippen LogP) is 1.54. The van der Waals surface area contributed by atoms with Crippen molar-refractivity contribution in [3.05, 3.63) is 23.9 Å². The highest BCUT2D eigenvalue weighted by atomic mass is 16.5. The van der Waals surface area contributed by atoms with E-state index in [1.54, 1.807) is 18.2 Å². The highest BCUT2D eigenvalue weighted by molar-refractivity contribution is 5.93. The van der Waals surface area contributed by atoms with Gasteiger partial charge in [-0.3, -0.25) is 0 Å². The third-order valence-corrected chi connectivity index (χ3v) is 2.90. The molecule has 0 fully saturated rings. The maximum absolute atomic E-state index is 11.3. The van der Waals surface area contributed by atoms with Crippen LogP contribution in [0, 0.1) is 11.3 Å². The highest BCUT2D eigenvalue weighted by Gasteiger charge is 2.21. The van der Waals surface area contributed by atoms with Crippen molar-refractivity contribution in [2.75, 3.05) is 12.3 Å². The molecule has 0 aliphatic heterocycles. The maximum Gasteiger partial charge on any atom is 0.358 e. The molecule has 1 aromatic heterocycles. The lowest BCUT2D eigenvalue weighted by Crippen LogP contribution is -2.05. The topological polar surface area (TPSA) is 127 Å². The van der Waals surface area contributed by atoms with E-state index in [1.807, 2.05) is 13.0 Å². The average Bonchev–Trinajstić information content (AvgIpc) is 2.90. The molecule has 2 aromatic rings. The quantitative estimate of drug-likeness (QED) is 0.774. The van der Waals surface area contributed by atoms with Gasteiger partial charge in [0, 0.05) is 5.56 Å². The molecular formula is C14H15N5O3. The number of aromatic nitrogens is 3. The number of ether oxygens (including phenoxy) is 1. The maximum atomic E-state index is 11.3. The normalized spacial score (nSPS) is 10.2. The molecule has 0 amide bonds. The summed E-state index contributed by atoms with van der Waals surface area (Å²) in [5.41, 5.74) is 6.84.